The number of hydrogen-bond donors (Lipinski definition) is 1. The zero-order chi connectivity index (χ0) is 15.4. The van der Waals surface area contributed by atoms with Gasteiger partial charge in [-0.2, -0.15) is 0 Å². The summed E-state index contributed by atoms with van der Waals surface area (Å²) in [6, 6.07) is 8.92. The van der Waals surface area contributed by atoms with E-state index in [1.165, 1.54) is 18.2 Å². The van der Waals surface area contributed by atoms with Gasteiger partial charge in [-0.3, -0.25) is 10.1 Å². The lowest BCUT2D eigenvalue weighted by Gasteiger charge is -2.13. The molecule has 0 aliphatic heterocycles. The average Bonchev–Trinajstić information content (AvgIpc) is 2.44. The summed E-state index contributed by atoms with van der Waals surface area (Å²) in [5, 5.41) is 14.0. The first-order valence-corrected chi connectivity index (χ1v) is 6.86. The molecule has 0 saturated carbocycles. The lowest BCUT2D eigenvalue weighted by atomic mass is 10.2. The first kappa shape index (κ1) is 15.4. The minimum atomic E-state index is -0.576. The van der Waals surface area contributed by atoms with Crippen molar-refractivity contribution in [1.82, 2.24) is 5.32 Å². The van der Waals surface area contributed by atoms with Crippen molar-refractivity contribution < 1.29 is 14.1 Å². The number of nitro benzene ring substituents is 1. The second-order valence-corrected chi connectivity index (χ2v) is 5.06. The number of benzene rings is 2. The molecule has 5 nitrogen and oxygen atoms in total. The van der Waals surface area contributed by atoms with Crippen LogP contribution in [0.1, 0.15) is 5.56 Å². The van der Waals surface area contributed by atoms with Gasteiger partial charge in [0.25, 0.3) is 0 Å². The summed E-state index contributed by atoms with van der Waals surface area (Å²) in [4.78, 5) is 10.5. The average molecular weight is 355 g/mol. The second kappa shape index (κ2) is 6.64. The fourth-order valence-corrected chi connectivity index (χ4v) is 2.28. The lowest BCUT2D eigenvalue weighted by molar-refractivity contribution is -0.385. The summed E-state index contributed by atoms with van der Waals surface area (Å²) >= 11 is 3.19. The maximum Gasteiger partial charge on any atom is 0.312 e. The van der Waals surface area contributed by atoms with Crippen molar-refractivity contribution in [2.45, 2.75) is 6.54 Å². The van der Waals surface area contributed by atoms with E-state index < -0.39 is 10.7 Å². The predicted octanol–water partition coefficient (Wildman–Crippen LogP) is 4.01. The molecule has 0 radical (unpaired) electrons. The third kappa shape index (κ3) is 3.37. The van der Waals surface area contributed by atoms with Crippen LogP contribution in [0, 0.1) is 15.9 Å². The Labute approximate surface area is 129 Å². The van der Waals surface area contributed by atoms with E-state index in [0.29, 0.717) is 16.6 Å². The molecular weight excluding hydrogens is 343 g/mol. The molecule has 0 unspecified atom stereocenters. The summed E-state index contributed by atoms with van der Waals surface area (Å²) in [6.07, 6.45) is 0. The van der Waals surface area contributed by atoms with Crippen LogP contribution in [0.15, 0.2) is 40.9 Å². The van der Waals surface area contributed by atoms with E-state index >= 15 is 0 Å². The molecule has 0 heterocycles. The Kier molecular flexibility index (Phi) is 4.87. The highest BCUT2D eigenvalue weighted by Crippen LogP contribution is 2.39. The fraction of sp³-hybridized carbons (Fsp3) is 0.143. The molecule has 0 aromatic heterocycles. The SMILES string of the molecule is CNCc1cccc(F)c1Oc1c(Br)cccc1[N+](=O)[O-]. The van der Waals surface area contributed by atoms with Gasteiger partial charge in [0.2, 0.25) is 5.75 Å². The molecule has 7 heteroatoms. The number of nitrogens with one attached hydrogen (secondary N) is 1. The number of nitrogens with zero attached hydrogens (tertiary/aromatic N) is 1. The van der Waals surface area contributed by atoms with Crippen LogP contribution < -0.4 is 10.1 Å². The zero-order valence-electron chi connectivity index (χ0n) is 11.1. The van der Waals surface area contributed by atoms with Crippen molar-refractivity contribution in [2.75, 3.05) is 7.05 Å². The number of halogens is 2. The third-order valence-electron chi connectivity index (χ3n) is 2.76. The molecule has 1 N–H and O–H groups in total. The molecule has 0 amide bonds. The predicted molar refractivity (Wildman–Crippen MR) is 80.0 cm³/mol. The smallest absolute Gasteiger partial charge is 0.312 e. The Morgan fingerprint density at radius 3 is 2.67 bits per heavy atom. The Hall–Kier alpha value is -1.99. The van der Waals surface area contributed by atoms with Gasteiger partial charge >= 0.3 is 5.69 Å². The van der Waals surface area contributed by atoms with E-state index in [2.05, 4.69) is 21.2 Å². The van der Waals surface area contributed by atoms with E-state index in [0.717, 1.165) is 0 Å². The number of hydrogen-bond acceptors (Lipinski definition) is 4. The number of nitro groups is 1. The van der Waals surface area contributed by atoms with Gasteiger partial charge in [0.05, 0.1) is 9.40 Å². The van der Waals surface area contributed by atoms with Gasteiger partial charge < -0.3 is 10.1 Å². The highest BCUT2D eigenvalue weighted by Gasteiger charge is 2.21. The van der Waals surface area contributed by atoms with Crippen molar-refractivity contribution >= 4 is 21.6 Å². The monoisotopic (exact) mass is 354 g/mol. The topological polar surface area (TPSA) is 64.4 Å². The molecule has 0 aliphatic carbocycles. The molecule has 2 aromatic rings. The summed E-state index contributed by atoms with van der Waals surface area (Å²) in [5.41, 5.74) is 0.339. The summed E-state index contributed by atoms with van der Waals surface area (Å²) in [6.45, 7) is 0.380. The van der Waals surface area contributed by atoms with Crippen LogP contribution in [-0.2, 0) is 6.54 Å². The van der Waals surface area contributed by atoms with E-state index in [1.807, 2.05) is 0 Å². The van der Waals surface area contributed by atoms with E-state index in [9.17, 15) is 14.5 Å². The first-order valence-electron chi connectivity index (χ1n) is 6.07. The second-order valence-electron chi connectivity index (χ2n) is 4.21. The highest BCUT2D eigenvalue weighted by molar-refractivity contribution is 9.10. The zero-order valence-corrected chi connectivity index (χ0v) is 12.7. The Morgan fingerprint density at radius 2 is 2.00 bits per heavy atom. The van der Waals surface area contributed by atoms with Crippen molar-refractivity contribution in [3.8, 4) is 11.5 Å². The molecule has 2 rings (SSSR count). The largest absolute Gasteiger partial charge is 0.445 e. The van der Waals surface area contributed by atoms with Crippen molar-refractivity contribution in [3.63, 3.8) is 0 Å². The van der Waals surface area contributed by atoms with Crippen LogP contribution in [0.4, 0.5) is 10.1 Å². The number of para-hydroxylation sites is 2. The summed E-state index contributed by atoms with van der Waals surface area (Å²) in [5.74, 6) is -0.625. The third-order valence-corrected chi connectivity index (χ3v) is 3.39. The van der Waals surface area contributed by atoms with Crippen molar-refractivity contribution in [1.29, 1.82) is 0 Å². The number of ether oxygens (including phenoxy) is 1. The molecule has 110 valence electrons. The van der Waals surface area contributed by atoms with Crippen molar-refractivity contribution in [3.05, 3.63) is 62.4 Å². The Balaban J connectivity index is 2.50. The van der Waals surface area contributed by atoms with E-state index in [-0.39, 0.29) is 17.2 Å². The fourth-order valence-electron chi connectivity index (χ4n) is 1.84. The normalized spacial score (nSPS) is 10.4. The van der Waals surface area contributed by atoms with Crippen molar-refractivity contribution in [2.24, 2.45) is 0 Å². The molecular formula is C14H12BrFN2O3. The first-order chi connectivity index (χ1) is 10.0. The molecule has 0 atom stereocenters. The van der Waals surface area contributed by atoms with Crippen LogP contribution in [0.25, 0.3) is 0 Å². The van der Waals surface area contributed by atoms with Gasteiger partial charge in [0.15, 0.2) is 11.6 Å². The van der Waals surface area contributed by atoms with Gasteiger partial charge in [-0.25, -0.2) is 4.39 Å². The molecule has 0 fully saturated rings. The Morgan fingerprint density at radius 1 is 1.29 bits per heavy atom. The molecule has 0 aliphatic rings. The van der Waals surface area contributed by atoms with E-state index in [1.54, 1.807) is 25.2 Å². The van der Waals surface area contributed by atoms with Gasteiger partial charge in [0.1, 0.15) is 0 Å². The highest BCUT2D eigenvalue weighted by atomic mass is 79.9. The lowest BCUT2D eigenvalue weighted by Crippen LogP contribution is -2.07. The van der Waals surface area contributed by atoms with Crippen LogP contribution >= 0.6 is 15.9 Å². The summed E-state index contributed by atoms with van der Waals surface area (Å²) < 4.78 is 19.9. The van der Waals surface area contributed by atoms with E-state index in [4.69, 9.17) is 4.74 Å². The molecule has 2 aromatic carbocycles. The molecule has 21 heavy (non-hydrogen) atoms. The van der Waals surface area contributed by atoms with Gasteiger partial charge in [0, 0.05) is 18.2 Å². The van der Waals surface area contributed by atoms with Crippen LogP contribution in [0.2, 0.25) is 0 Å². The quantitative estimate of drug-likeness (QED) is 0.650. The van der Waals surface area contributed by atoms with Gasteiger partial charge in [-0.1, -0.05) is 18.2 Å². The van der Waals surface area contributed by atoms with Crippen LogP contribution in [-0.4, -0.2) is 12.0 Å². The van der Waals surface area contributed by atoms with Crippen LogP contribution in [0.3, 0.4) is 0 Å². The van der Waals surface area contributed by atoms with Gasteiger partial charge in [-0.05, 0) is 35.1 Å². The maximum atomic E-state index is 14.0. The molecule has 0 bridgehead atoms. The summed E-state index contributed by atoms with van der Waals surface area (Å²) in [7, 11) is 1.72. The maximum absolute atomic E-state index is 14.0. The molecule has 0 saturated heterocycles. The Bertz CT molecular complexity index is 679. The number of rotatable bonds is 5. The molecule has 0 spiro atoms. The van der Waals surface area contributed by atoms with Gasteiger partial charge in [-0.15, -0.1) is 0 Å². The van der Waals surface area contributed by atoms with Crippen LogP contribution in [0.5, 0.6) is 11.5 Å². The minimum Gasteiger partial charge on any atom is -0.445 e. The minimum absolute atomic E-state index is 0.0232. The standard InChI is InChI=1S/C14H12BrFN2O3/c1-17-8-9-4-2-6-11(16)13(9)21-14-10(15)5-3-7-12(14)18(19)20/h2-7,17H,8H2,1H3.